The first-order chi connectivity index (χ1) is 8.61. The van der Waals surface area contributed by atoms with Crippen molar-refractivity contribution in [2.75, 3.05) is 12.8 Å². The van der Waals surface area contributed by atoms with Gasteiger partial charge >= 0.3 is 0 Å². The molecule has 7 heteroatoms. The van der Waals surface area contributed by atoms with E-state index in [9.17, 15) is 0 Å². The second-order valence-electron chi connectivity index (χ2n) is 3.28. The minimum Gasteiger partial charge on any atom is -0.479 e. The second-order valence-corrected chi connectivity index (χ2v) is 5.15. The van der Waals surface area contributed by atoms with Gasteiger partial charge in [-0.2, -0.15) is 4.98 Å². The van der Waals surface area contributed by atoms with Crippen molar-refractivity contribution in [3.8, 4) is 5.88 Å². The van der Waals surface area contributed by atoms with Crippen molar-refractivity contribution in [1.82, 2.24) is 9.97 Å². The molecule has 0 unspecified atom stereocenters. The lowest BCUT2D eigenvalue weighted by Crippen LogP contribution is -1.99. The molecule has 1 aromatic carbocycles. The molecule has 0 bridgehead atoms. The Morgan fingerprint density at radius 2 is 2.06 bits per heavy atom. The fourth-order valence-corrected chi connectivity index (χ4v) is 2.59. The van der Waals surface area contributed by atoms with E-state index < -0.39 is 0 Å². The highest BCUT2D eigenvalue weighted by Gasteiger charge is 2.12. The topological polar surface area (TPSA) is 61.0 Å². The number of halogens is 2. The molecule has 0 radical (unpaired) electrons. The average Bonchev–Trinajstić information content (AvgIpc) is 2.36. The molecule has 0 amide bonds. The largest absolute Gasteiger partial charge is 0.479 e. The molecule has 0 aliphatic heterocycles. The third-order valence-corrected chi connectivity index (χ3v) is 3.86. The number of benzene rings is 1. The zero-order valence-electron chi connectivity index (χ0n) is 9.35. The van der Waals surface area contributed by atoms with Gasteiger partial charge in [-0.3, -0.25) is 0 Å². The number of aromatic nitrogens is 2. The molecule has 1 heterocycles. The molecule has 0 aliphatic rings. The maximum atomic E-state index is 6.08. The quantitative estimate of drug-likeness (QED) is 0.879. The molecule has 4 nitrogen and oxygen atoms in total. The van der Waals surface area contributed by atoms with Crippen LogP contribution < -0.4 is 10.5 Å². The van der Waals surface area contributed by atoms with Gasteiger partial charge in [-0.1, -0.05) is 35.0 Å². The Labute approximate surface area is 118 Å². The van der Waals surface area contributed by atoms with E-state index in [0.717, 1.165) is 4.90 Å². The summed E-state index contributed by atoms with van der Waals surface area (Å²) in [6.07, 6.45) is 1.38. The maximum absolute atomic E-state index is 6.08. The highest BCUT2D eigenvalue weighted by molar-refractivity contribution is 7.99. The molecule has 1 aromatic heterocycles. The van der Waals surface area contributed by atoms with Gasteiger partial charge in [0.2, 0.25) is 5.88 Å². The van der Waals surface area contributed by atoms with Crippen molar-refractivity contribution in [1.29, 1.82) is 0 Å². The molecular formula is C11H9Cl2N3OS. The Morgan fingerprint density at radius 3 is 2.78 bits per heavy atom. The highest BCUT2D eigenvalue weighted by Crippen LogP contribution is 2.38. The minimum absolute atomic E-state index is 0.339. The van der Waals surface area contributed by atoms with Crippen molar-refractivity contribution in [3.05, 3.63) is 34.6 Å². The van der Waals surface area contributed by atoms with Crippen LogP contribution in [-0.2, 0) is 0 Å². The Morgan fingerprint density at radius 1 is 1.28 bits per heavy atom. The van der Waals surface area contributed by atoms with E-state index in [-0.39, 0.29) is 0 Å². The molecule has 94 valence electrons. The standard InChI is InChI=1S/C11H9Cl2N3OS/c1-17-10-9(14)11(16-5-15-10)18-8-4-6(12)2-3-7(8)13/h2-5H,14H2,1H3. The molecule has 0 fully saturated rings. The third-order valence-electron chi connectivity index (χ3n) is 2.10. The summed E-state index contributed by atoms with van der Waals surface area (Å²) in [6.45, 7) is 0. The van der Waals surface area contributed by atoms with Crippen LogP contribution in [0.25, 0.3) is 0 Å². The lowest BCUT2D eigenvalue weighted by atomic mass is 10.4. The first-order valence-corrected chi connectivity index (χ1v) is 6.46. The van der Waals surface area contributed by atoms with Crippen LogP contribution in [0.3, 0.4) is 0 Å². The van der Waals surface area contributed by atoms with Crippen LogP contribution in [0.5, 0.6) is 5.88 Å². The molecule has 2 aromatic rings. The van der Waals surface area contributed by atoms with E-state index in [1.165, 1.54) is 25.2 Å². The smallest absolute Gasteiger partial charge is 0.241 e. The summed E-state index contributed by atoms with van der Waals surface area (Å²) >= 11 is 13.3. The Kier molecular flexibility index (Phi) is 4.16. The average molecular weight is 302 g/mol. The summed E-state index contributed by atoms with van der Waals surface area (Å²) in [5, 5.41) is 1.76. The Bertz CT molecular complexity index is 580. The number of anilines is 1. The fourth-order valence-electron chi connectivity index (χ4n) is 1.27. The summed E-state index contributed by atoms with van der Waals surface area (Å²) < 4.78 is 5.03. The van der Waals surface area contributed by atoms with Gasteiger partial charge < -0.3 is 10.5 Å². The lowest BCUT2D eigenvalue weighted by molar-refractivity contribution is 0.397. The molecule has 2 N–H and O–H groups in total. The zero-order chi connectivity index (χ0) is 13.1. The van der Waals surface area contributed by atoms with Gasteiger partial charge in [-0.15, -0.1) is 0 Å². The third kappa shape index (κ3) is 2.80. The highest BCUT2D eigenvalue weighted by atomic mass is 35.5. The van der Waals surface area contributed by atoms with E-state index in [4.69, 9.17) is 33.7 Å². The fraction of sp³-hybridized carbons (Fsp3) is 0.0909. The first-order valence-electron chi connectivity index (χ1n) is 4.89. The van der Waals surface area contributed by atoms with Crippen molar-refractivity contribution in [2.45, 2.75) is 9.92 Å². The molecular weight excluding hydrogens is 293 g/mol. The first kappa shape index (κ1) is 13.3. The van der Waals surface area contributed by atoms with Crippen molar-refractivity contribution in [2.24, 2.45) is 0 Å². The Balaban J connectivity index is 2.37. The number of hydrogen-bond acceptors (Lipinski definition) is 5. The van der Waals surface area contributed by atoms with Gasteiger partial charge in [0.1, 0.15) is 17.0 Å². The predicted molar refractivity (Wildman–Crippen MR) is 73.6 cm³/mol. The molecule has 0 saturated heterocycles. The molecule has 18 heavy (non-hydrogen) atoms. The van der Waals surface area contributed by atoms with Gasteiger partial charge in [0, 0.05) is 9.92 Å². The van der Waals surface area contributed by atoms with Crippen LogP contribution in [0.4, 0.5) is 5.69 Å². The second kappa shape index (κ2) is 5.65. The number of methoxy groups -OCH3 is 1. The summed E-state index contributed by atoms with van der Waals surface area (Å²) in [5.41, 5.74) is 6.26. The van der Waals surface area contributed by atoms with Crippen LogP contribution in [0.1, 0.15) is 0 Å². The van der Waals surface area contributed by atoms with Crippen molar-refractivity contribution >= 4 is 40.7 Å². The normalized spacial score (nSPS) is 10.4. The Hall–Kier alpha value is -1.17. The van der Waals surface area contributed by atoms with Crippen LogP contribution >= 0.6 is 35.0 Å². The van der Waals surface area contributed by atoms with Gasteiger partial charge in [0.15, 0.2) is 0 Å². The molecule has 2 rings (SSSR count). The van der Waals surface area contributed by atoms with Crippen molar-refractivity contribution < 1.29 is 4.74 Å². The van der Waals surface area contributed by atoms with Gasteiger partial charge in [0.25, 0.3) is 0 Å². The number of nitrogens with two attached hydrogens (primary N) is 1. The SMILES string of the molecule is COc1ncnc(Sc2cc(Cl)ccc2Cl)c1N. The summed E-state index contributed by atoms with van der Waals surface area (Å²) in [4.78, 5) is 8.78. The molecule has 0 saturated carbocycles. The van der Waals surface area contributed by atoms with Crippen molar-refractivity contribution in [3.63, 3.8) is 0 Å². The lowest BCUT2D eigenvalue weighted by Gasteiger charge is -2.08. The number of nitrogens with zero attached hydrogens (tertiary/aromatic N) is 2. The zero-order valence-corrected chi connectivity index (χ0v) is 11.7. The molecule has 0 aliphatic carbocycles. The van der Waals surface area contributed by atoms with E-state index >= 15 is 0 Å². The molecule has 0 atom stereocenters. The maximum Gasteiger partial charge on any atom is 0.241 e. The number of rotatable bonds is 3. The van der Waals surface area contributed by atoms with Gasteiger partial charge in [0.05, 0.1) is 12.1 Å². The monoisotopic (exact) mass is 301 g/mol. The molecule has 0 spiro atoms. The van der Waals surface area contributed by atoms with E-state index in [1.807, 2.05) is 0 Å². The number of nitrogen functional groups attached to an aromatic ring is 1. The van der Waals surface area contributed by atoms with Gasteiger partial charge in [-0.05, 0) is 18.2 Å². The van der Waals surface area contributed by atoms with Gasteiger partial charge in [-0.25, -0.2) is 4.98 Å². The van der Waals surface area contributed by atoms with Crippen LogP contribution in [-0.4, -0.2) is 17.1 Å². The van der Waals surface area contributed by atoms with Crippen LogP contribution in [0.2, 0.25) is 10.0 Å². The van der Waals surface area contributed by atoms with E-state index in [0.29, 0.717) is 26.6 Å². The van der Waals surface area contributed by atoms with E-state index in [1.54, 1.807) is 18.2 Å². The van der Waals surface area contributed by atoms with E-state index in [2.05, 4.69) is 9.97 Å². The number of ether oxygens (including phenoxy) is 1. The minimum atomic E-state index is 0.339. The summed E-state index contributed by atoms with van der Waals surface area (Å²) in [5.74, 6) is 0.339. The number of hydrogen-bond donors (Lipinski definition) is 1. The van der Waals surface area contributed by atoms with Crippen LogP contribution in [0.15, 0.2) is 34.4 Å². The van der Waals surface area contributed by atoms with Crippen LogP contribution in [0, 0.1) is 0 Å². The predicted octanol–water partition coefficient (Wildman–Crippen LogP) is 3.53. The summed E-state index contributed by atoms with van der Waals surface area (Å²) in [6, 6.07) is 5.20. The summed E-state index contributed by atoms with van der Waals surface area (Å²) in [7, 11) is 1.50.